The molecule has 0 aromatic carbocycles. The summed E-state index contributed by atoms with van der Waals surface area (Å²) in [5, 5.41) is -1.39. The molecule has 0 saturated heterocycles. The molecule has 1 N–H and O–H groups in total. The van der Waals surface area contributed by atoms with Crippen LogP contribution in [0.5, 0.6) is 0 Å². The molecule has 0 fully saturated rings. The van der Waals surface area contributed by atoms with Gasteiger partial charge in [-0.2, -0.15) is 16.8 Å². The van der Waals surface area contributed by atoms with Gasteiger partial charge < -0.3 is 0 Å². The van der Waals surface area contributed by atoms with E-state index >= 15 is 0 Å². The molecule has 0 amide bonds. The average molecular weight is 246 g/mol. The van der Waals surface area contributed by atoms with Crippen molar-refractivity contribution in [1.29, 1.82) is 0 Å². The Labute approximate surface area is 84.1 Å². The summed E-state index contributed by atoms with van der Waals surface area (Å²) < 4.78 is 55.5. The highest BCUT2D eigenvalue weighted by atomic mass is 32.3. The number of hydrogen-bond donors (Lipinski definition) is 1. The zero-order valence-corrected chi connectivity index (χ0v) is 9.64. The molecular weight excluding hydrogens is 232 g/mol. The van der Waals surface area contributed by atoms with Gasteiger partial charge in [-0.1, -0.05) is 13.8 Å². The molecule has 6 nitrogen and oxygen atoms in total. The predicted molar refractivity (Wildman–Crippen MR) is 50.8 cm³/mol. The fourth-order valence-corrected chi connectivity index (χ4v) is 3.21. The first-order chi connectivity index (χ1) is 6.20. The molecule has 0 saturated carbocycles. The lowest BCUT2D eigenvalue weighted by Gasteiger charge is -2.12. The minimum absolute atomic E-state index is 0.460. The fourth-order valence-electron chi connectivity index (χ4n) is 0.842. The smallest absolute Gasteiger partial charge is 0.284 e. The maximum Gasteiger partial charge on any atom is 0.284 e. The third-order valence-electron chi connectivity index (χ3n) is 1.49. The molecule has 0 rings (SSSR count). The van der Waals surface area contributed by atoms with Gasteiger partial charge in [-0.15, -0.1) is 0 Å². The number of hydrogen-bond acceptors (Lipinski definition) is 5. The molecule has 0 aliphatic rings. The van der Waals surface area contributed by atoms with E-state index in [1.54, 1.807) is 13.8 Å². The third-order valence-corrected chi connectivity index (χ3v) is 4.40. The van der Waals surface area contributed by atoms with Gasteiger partial charge in [0, 0.05) is 0 Å². The molecule has 0 heterocycles. The van der Waals surface area contributed by atoms with Crippen molar-refractivity contribution in [1.82, 2.24) is 0 Å². The molecule has 0 radical (unpaired) electrons. The van der Waals surface area contributed by atoms with E-state index in [2.05, 4.69) is 4.18 Å². The van der Waals surface area contributed by atoms with Crippen LogP contribution in [0.2, 0.25) is 0 Å². The van der Waals surface area contributed by atoms with Crippen molar-refractivity contribution in [3.05, 3.63) is 0 Å². The van der Waals surface area contributed by atoms with Gasteiger partial charge in [-0.3, -0.25) is 8.74 Å². The molecule has 0 spiro atoms. The zero-order chi connectivity index (χ0) is 11.4. The maximum absolute atomic E-state index is 11.0. The molecule has 8 heteroatoms. The summed E-state index contributed by atoms with van der Waals surface area (Å²) in [6.45, 7) is 3.44. The summed E-state index contributed by atoms with van der Waals surface area (Å²) in [6, 6.07) is 0. The Kier molecular flexibility index (Phi) is 4.99. The SMILES string of the molecule is CCC(CC)OS(=O)(=O)CS(=O)(=O)O. The summed E-state index contributed by atoms with van der Waals surface area (Å²) in [6.07, 6.45) is 0.379. The van der Waals surface area contributed by atoms with E-state index in [1.165, 1.54) is 0 Å². The Morgan fingerprint density at radius 2 is 1.57 bits per heavy atom. The van der Waals surface area contributed by atoms with E-state index in [1.807, 2.05) is 0 Å². The number of rotatable bonds is 6. The van der Waals surface area contributed by atoms with Gasteiger partial charge in [-0.05, 0) is 12.8 Å². The van der Waals surface area contributed by atoms with Gasteiger partial charge in [0.25, 0.3) is 20.2 Å². The molecule has 0 atom stereocenters. The lowest BCUT2D eigenvalue weighted by molar-refractivity contribution is 0.202. The highest BCUT2D eigenvalue weighted by molar-refractivity contribution is 8.03. The van der Waals surface area contributed by atoms with Gasteiger partial charge in [0.05, 0.1) is 6.10 Å². The van der Waals surface area contributed by atoms with E-state index in [0.29, 0.717) is 12.8 Å². The first-order valence-electron chi connectivity index (χ1n) is 4.06. The minimum atomic E-state index is -4.56. The molecule has 0 aromatic rings. The third kappa shape index (κ3) is 6.30. The minimum Gasteiger partial charge on any atom is -0.285 e. The molecule has 0 unspecified atom stereocenters. The summed E-state index contributed by atoms with van der Waals surface area (Å²) in [5.74, 6) is 0. The van der Waals surface area contributed by atoms with E-state index in [0.717, 1.165) is 0 Å². The quantitative estimate of drug-likeness (QED) is 0.537. The van der Waals surface area contributed by atoms with Crippen LogP contribution in [0, 0.1) is 0 Å². The van der Waals surface area contributed by atoms with Crippen LogP contribution in [0.1, 0.15) is 26.7 Å². The zero-order valence-electron chi connectivity index (χ0n) is 8.00. The lowest BCUT2D eigenvalue weighted by Crippen LogP contribution is -2.23. The highest BCUT2D eigenvalue weighted by Crippen LogP contribution is 2.09. The second-order valence-electron chi connectivity index (χ2n) is 2.79. The van der Waals surface area contributed by atoms with E-state index in [9.17, 15) is 16.8 Å². The van der Waals surface area contributed by atoms with Crippen LogP contribution in [0.15, 0.2) is 0 Å². The van der Waals surface area contributed by atoms with Crippen molar-refractivity contribution >= 4 is 20.2 Å². The summed E-state index contributed by atoms with van der Waals surface area (Å²) >= 11 is 0. The van der Waals surface area contributed by atoms with Crippen molar-refractivity contribution in [3.8, 4) is 0 Å². The van der Waals surface area contributed by atoms with Crippen LogP contribution >= 0.6 is 0 Å². The highest BCUT2D eigenvalue weighted by Gasteiger charge is 2.23. The summed E-state index contributed by atoms with van der Waals surface area (Å²) in [5.41, 5.74) is 0. The molecule has 0 aliphatic heterocycles. The largest absolute Gasteiger partial charge is 0.285 e. The Balaban J connectivity index is 4.51. The second kappa shape index (κ2) is 5.06. The van der Waals surface area contributed by atoms with Crippen LogP contribution in [-0.4, -0.2) is 32.6 Å². The van der Waals surface area contributed by atoms with Crippen LogP contribution in [-0.2, 0) is 24.4 Å². The standard InChI is InChI=1S/C6H14O6S2/c1-3-6(4-2)12-14(10,11)5-13(7,8)9/h6H,3-5H2,1-2H3,(H,7,8,9). The molecule has 0 bridgehead atoms. The monoisotopic (exact) mass is 246 g/mol. The van der Waals surface area contributed by atoms with Crippen LogP contribution in [0.25, 0.3) is 0 Å². The van der Waals surface area contributed by atoms with E-state index in [4.69, 9.17) is 4.55 Å². The molecule has 14 heavy (non-hydrogen) atoms. The molecule has 86 valence electrons. The topological polar surface area (TPSA) is 97.7 Å². The van der Waals surface area contributed by atoms with E-state index in [-0.39, 0.29) is 0 Å². The fraction of sp³-hybridized carbons (Fsp3) is 1.00. The first kappa shape index (κ1) is 13.8. The van der Waals surface area contributed by atoms with Gasteiger partial charge in [0.1, 0.15) is 0 Å². The molecular formula is C6H14O6S2. The van der Waals surface area contributed by atoms with Crippen molar-refractivity contribution in [2.45, 2.75) is 32.8 Å². The molecule has 0 aromatic heterocycles. The van der Waals surface area contributed by atoms with Crippen molar-refractivity contribution in [2.75, 3.05) is 5.08 Å². The van der Waals surface area contributed by atoms with Gasteiger partial charge in [-0.25, -0.2) is 0 Å². The summed E-state index contributed by atoms with van der Waals surface area (Å²) in [7, 11) is -8.76. The Bertz CT molecular complexity index is 350. The van der Waals surface area contributed by atoms with Crippen molar-refractivity contribution in [2.24, 2.45) is 0 Å². The predicted octanol–water partition coefficient (Wildman–Crippen LogP) is 0.367. The van der Waals surface area contributed by atoms with Crippen molar-refractivity contribution < 1.29 is 25.6 Å². The first-order valence-corrected chi connectivity index (χ1v) is 7.25. The lowest BCUT2D eigenvalue weighted by atomic mass is 10.2. The Morgan fingerprint density at radius 1 is 1.14 bits per heavy atom. The van der Waals surface area contributed by atoms with Crippen LogP contribution in [0.3, 0.4) is 0 Å². The maximum atomic E-state index is 11.0. The second-order valence-corrected chi connectivity index (χ2v) is 6.21. The summed E-state index contributed by atoms with van der Waals surface area (Å²) in [4.78, 5) is 0. The van der Waals surface area contributed by atoms with Gasteiger partial charge >= 0.3 is 0 Å². The van der Waals surface area contributed by atoms with Gasteiger partial charge in [0.2, 0.25) is 5.08 Å². The average Bonchev–Trinajstić information content (AvgIpc) is 1.95. The van der Waals surface area contributed by atoms with E-state index < -0.39 is 31.4 Å². The molecule has 0 aliphatic carbocycles. The van der Waals surface area contributed by atoms with Crippen LogP contribution in [0.4, 0.5) is 0 Å². The normalized spacial score (nSPS) is 13.4. The Morgan fingerprint density at radius 3 is 1.86 bits per heavy atom. The Hall–Kier alpha value is -0.180. The van der Waals surface area contributed by atoms with Crippen molar-refractivity contribution in [3.63, 3.8) is 0 Å². The van der Waals surface area contributed by atoms with Gasteiger partial charge in [0.15, 0.2) is 0 Å². The van der Waals surface area contributed by atoms with Crippen LogP contribution < -0.4 is 0 Å².